The molecule has 0 unspecified atom stereocenters. The van der Waals surface area contributed by atoms with E-state index in [0.29, 0.717) is 11.6 Å². The lowest BCUT2D eigenvalue weighted by Gasteiger charge is -2.03. The first-order valence-corrected chi connectivity index (χ1v) is 4.89. The third-order valence-corrected chi connectivity index (χ3v) is 2.20. The van der Waals surface area contributed by atoms with Crippen molar-refractivity contribution in [1.29, 1.82) is 0 Å². The van der Waals surface area contributed by atoms with E-state index in [1.165, 1.54) is 14.0 Å². The van der Waals surface area contributed by atoms with Crippen LogP contribution in [-0.2, 0) is 0 Å². The van der Waals surface area contributed by atoms with Crippen molar-refractivity contribution < 1.29 is 9.13 Å². The Hall–Kier alpha value is -2.24. The summed E-state index contributed by atoms with van der Waals surface area (Å²) in [6, 6.07) is 5.02. The Morgan fingerprint density at radius 2 is 2.12 bits per heavy atom. The standard InChI is InChI=1S/C11H10FN3O2/c1-6-9(12)11(16)15-10(13-6)7-4-3-5-8(14-7)17-2/h3-5H,1-2H3,(H,13,15,16). The molecule has 0 atom stereocenters. The van der Waals surface area contributed by atoms with Gasteiger partial charge in [0.1, 0.15) is 5.69 Å². The number of aromatic nitrogens is 3. The fourth-order valence-corrected chi connectivity index (χ4v) is 1.35. The van der Waals surface area contributed by atoms with Crippen molar-refractivity contribution in [3.63, 3.8) is 0 Å². The molecule has 0 aromatic carbocycles. The Labute approximate surface area is 96.3 Å². The lowest BCUT2D eigenvalue weighted by molar-refractivity contribution is 0.398. The quantitative estimate of drug-likeness (QED) is 0.851. The number of halogens is 1. The van der Waals surface area contributed by atoms with Gasteiger partial charge in [0.15, 0.2) is 5.82 Å². The van der Waals surface area contributed by atoms with E-state index in [1.807, 2.05) is 0 Å². The summed E-state index contributed by atoms with van der Waals surface area (Å²) < 4.78 is 18.1. The molecule has 0 fully saturated rings. The van der Waals surface area contributed by atoms with Crippen LogP contribution in [0.5, 0.6) is 5.88 Å². The van der Waals surface area contributed by atoms with Gasteiger partial charge in [-0.3, -0.25) is 4.79 Å². The Morgan fingerprint density at radius 1 is 1.35 bits per heavy atom. The maximum absolute atomic E-state index is 13.1. The summed E-state index contributed by atoms with van der Waals surface area (Å²) in [5.74, 6) is -0.267. The Balaban J connectivity index is 2.56. The van der Waals surface area contributed by atoms with E-state index in [1.54, 1.807) is 18.2 Å². The van der Waals surface area contributed by atoms with Crippen molar-refractivity contribution in [3.8, 4) is 17.4 Å². The van der Waals surface area contributed by atoms with E-state index < -0.39 is 11.4 Å². The van der Waals surface area contributed by atoms with E-state index in [9.17, 15) is 9.18 Å². The van der Waals surface area contributed by atoms with Crippen molar-refractivity contribution in [3.05, 3.63) is 40.1 Å². The number of hydrogen-bond donors (Lipinski definition) is 1. The van der Waals surface area contributed by atoms with Crippen LogP contribution in [0.4, 0.5) is 4.39 Å². The molecular weight excluding hydrogens is 225 g/mol. The number of hydrogen-bond acceptors (Lipinski definition) is 4. The average Bonchev–Trinajstić information content (AvgIpc) is 2.35. The fourth-order valence-electron chi connectivity index (χ4n) is 1.35. The summed E-state index contributed by atoms with van der Waals surface area (Å²) in [5.41, 5.74) is -0.352. The van der Waals surface area contributed by atoms with Crippen LogP contribution in [0.25, 0.3) is 11.5 Å². The molecular formula is C11H10FN3O2. The Bertz CT molecular complexity index is 610. The number of nitrogens with zero attached hydrogens (tertiary/aromatic N) is 2. The number of aryl methyl sites for hydroxylation is 1. The Kier molecular flexibility index (Phi) is 2.86. The number of pyridine rings is 1. The minimum atomic E-state index is -0.878. The lowest BCUT2D eigenvalue weighted by Crippen LogP contribution is -2.15. The van der Waals surface area contributed by atoms with E-state index >= 15 is 0 Å². The largest absolute Gasteiger partial charge is 0.481 e. The molecule has 2 rings (SSSR count). The maximum atomic E-state index is 13.1. The van der Waals surface area contributed by atoms with Gasteiger partial charge in [0.05, 0.1) is 12.8 Å². The third-order valence-electron chi connectivity index (χ3n) is 2.20. The van der Waals surface area contributed by atoms with Crippen molar-refractivity contribution in [1.82, 2.24) is 15.0 Å². The second-order valence-electron chi connectivity index (χ2n) is 3.38. The molecule has 88 valence electrons. The molecule has 0 aliphatic carbocycles. The number of aromatic amines is 1. The van der Waals surface area contributed by atoms with Crippen molar-refractivity contribution >= 4 is 0 Å². The maximum Gasteiger partial charge on any atom is 0.287 e. The normalized spacial score (nSPS) is 10.3. The predicted molar refractivity (Wildman–Crippen MR) is 59.3 cm³/mol. The molecule has 0 saturated heterocycles. The first-order chi connectivity index (χ1) is 8.11. The van der Waals surface area contributed by atoms with Crippen LogP contribution in [0.1, 0.15) is 5.69 Å². The van der Waals surface area contributed by atoms with Gasteiger partial charge in [0, 0.05) is 6.07 Å². The van der Waals surface area contributed by atoms with Gasteiger partial charge < -0.3 is 9.72 Å². The smallest absolute Gasteiger partial charge is 0.287 e. The van der Waals surface area contributed by atoms with Gasteiger partial charge in [-0.25, -0.2) is 9.97 Å². The molecule has 0 amide bonds. The van der Waals surface area contributed by atoms with Gasteiger partial charge >= 0.3 is 0 Å². The minimum Gasteiger partial charge on any atom is -0.481 e. The lowest BCUT2D eigenvalue weighted by atomic mass is 10.3. The van der Waals surface area contributed by atoms with E-state index in [4.69, 9.17) is 4.74 Å². The highest BCUT2D eigenvalue weighted by molar-refractivity contribution is 5.49. The van der Waals surface area contributed by atoms with E-state index in [2.05, 4.69) is 15.0 Å². The van der Waals surface area contributed by atoms with Gasteiger partial charge in [-0.2, -0.15) is 4.39 Å². The zero-order chi connectivity index (χ0) is 12.4. The van der Waals surface area contributed by atoms with Gasteiger partial charge in [-0.15, -0.1) is 0 Å². The number of H-pyrrole nitrogens is 1. The molecule has 2 aromatic rings. The summed E-state index contributed by atoms with van der Waals surface area (Å²) in [6.07, 6.45) is 0. The number of nitrogens with one attached hydrogen (secondary N) is 1. The molecule has 2 heterocycles. The molecule has 0 saturated carbocycles. The SMILES string of the molecule is COc1cccc(-c2nc(C)c(F)c(=O)[nH]2)n1. The zero-order valence-corrected chi connectivity index (χ0v) is 9.32. The highest BCUT2D eigenvalue weighted by Gasteiger charge is 2.09. The van der Waals surface area contributed by atoms with Crippen LogP contribution < -0.4 is 10.3 Å². The van der Waals surface area contributed by atoms with Gasteiger partial charge in [0.25, 0.3) is 5.56 Å². The van der Waals surface area contributed by atoms with Crippen LogP contribution in [0.3, 0.4) is 0 Å². The number of ether oxygens (including phenoxy) is 1. The zero-order valence-electron chi connectivity index (χ0n) is 9.32. The first kappa shape index (κ1) is 11.3. The van der Waals surface area contributed by atoms with Crippen LogP contribution in [-0.4, -0.2) is 22.1 Å². The molecule has 17 heavy (non-hydrogen) atoms. The molecule has 0 aliphatic rings. The second-order valence-corrected chi connectivity index (χ2v) is 3.38. The monoisotopic (exact) mass is 235 g/mol. The number of rotatable bonds is 2. The molecule has 0 aliphatic heterocycles. The molecule has 6 heteroatoms. The van der Waals surface area contributed by atoms with Gasteiger partial charge in [-0.1, -0.05) is 6.07 Å². The molecule has 0 spiro atoms. The van der Waals surface area contributed by atoms with E-state index in [0.717, 1.165) is 0 Å². The predicted octanol–water partition coefficient (Wildman–Crippen LogP) is 1.29. The Morgan fingerprint density at radius 3 is 2.76 bits per heavy atom. The van der Waals surface area contributed by atoms with Crippen molar-refractivity contribution in [2.45, 2.75) is 6.92 Å². The van der Waals surface area contributed by atoms with Crippen LogP contribution >= 0.6 is 0 Å². The molecule has 5 nitrogen and oxygen atoms in total. The van der Waals surface area contributed by atoms with Gasteiger partial charge in [-0.05, 0) is 13.0 Å². The fraction of sp³-hybridized carbons (Fsp3) is 0.182. The molecule has 1 N–H and O–H groups in total. The second kappa shape index (κ2) is 4.32. The highest BCUT2D eigenvalue weighted by atomic mass is 19.1. The molecule has 0 radical (unpaired) electrons. The summed E-state index contributed by atoms with van der Waals surface area (Å²) in [5, 5.41) is 0. The highest BCUT2D eigenvalue weighted by Crippen LogP contribution is 2.15. The first-order valence-electron chi connectivity index (χ1n) is 4.89. The molecule has 0 bridgehead atoms. The summed E-state index contributed by atoms with van der Waals surface area (Å²) in [4.78, 5) is 21.6. The van der Waals surface area contributed by atoms with Crippen molar-refractivity contribution in [2.75, 3.05) is 7.11 Å². The summed E-state index contributed by atoms with van der Waals surface area (Å²) >= 11 is 0. The third kappa shape index (κ3) is 2.15. The van der Waals surface area contributed by atoms with Crippen LogP contribution in [0, 0.1) is 12.7 Å². The number of methoxy groups -OCH3 is 1. The molecule has 2 aromatic heterocycles. The summed E-state index contributed by atoms with van der Waals surface area (Å²) in [7, 11) is 1.48. The summed E-state index contributed by atoms with van der Waals surface area (Å²) in [6.45, 7) is 1.42. The average molecular weight is 235 g/mol. The van der Waals surface area contributed by atoms with Gasteiger partial charge in [0.2, 0.25) is 11.7 Å². The van der Waals surface area contributed by atoms with Crippen LogP contribution in [0.2, 0.25) is 0 Å². The van der Waals surface area contributed by atoms with E-state index in [-0.39, 0.29) is 11.5 Å². The minimum absolute atomic E-state index is 0.0355. The topological polar surface area (TPSA) is 67.9 Å². The van der Waals surface area contributed by atoms with Crippen molar-refractivity contribution in [2.24, 2.45) is 0 Å². The van der Waals surface area contributed by atoms with Crippen LogP contribution in [0.15, 0.2) is 23.0 Å².